The SMILES string of the molecule is CCOC(C)=O.O=C=O. The molecule has 0 N–H and O–H groups in total. The second-order valence-corrected chi connectivity index (χ2v) is 1.01. The van der Waals surface area contributed by atoms with Gasteiger partial charge in [0.2, 0.25) is 0 Å². The van der Waals surface area contributed by atoms with Crippen LogP contribution in [0.15, 0.2) is 0 Å². The number of ether oxygens (including phenoxy) is 1. The van der Waals surface area contributed by atoms with E-state index in [1.54, 1.807) is 6.92 Å². The van der Waals surface area contributed by atoms with Crippen molar-refractivity contribution in [3.63, 3.8) is 0 Å². The molecule has 0 rings (SSSR count). The molecule has 0 saturated carbocycles. The molecule has 0 bridgehead atoms. The molecule has 0 spiro atoms. The predicted octanol–water partition coefficient (Wildman–Crippen LogP) is -0.0141. The molecular formula is C5H8O4. The fourth-order valence-corrected chi connectivity index (χ4v) is 0.203. The van der Waals surface area contributed by atoms with Crippen LogP contribution in [0, 0.1) is 0 Å². The van der Waals surface area contributed by atoms with Crippen LogP contribution in [0.4, 0.5) is 0 Å². The van der Waals surface area contributed by atoms with Crippen molar-refractivity contribution < 1.29 is 19.1 Å². The summed E-state index contributed by atoms with van der Waals surface area (Å²) in [5.41, 5.74) is 0. The summed E-state index contributed by atoms with van der Waals surface area (Å²) < 4.78 is 4.40. The highest BCUT2D eigenvalue weighted by Gasteiger charge is 1.81. The van der Waals surface area contributed by atoms with E-state index >= 15 is 0 Å². The monoisotopic (exact) mass is 132 g/mol. The first kappa shape index (κ1) is 10.8. The van der Waals surface area contributed by atoms with Gasteiger partial charge in [-0.3, -0.25) is 4.79 Å². The van der Waals surface area contributed by atoms with Crippen molar-refractivity contribution in [1.82, 2.24) is 0 Å². The van der Waals surface area contributed by atoms with E-state index in [1.807, 2.05) is 0 Å². The highest BCUT2D eigenvalue weighted by molar-refractivity contribution is 5.65. The quantitative estimate of drug-likeness (QED) is 0.470. The summed E-state index contributed by atoms with van der Waals surface area (Å²) in [6.45, 7) is 3.65. The largest absolute Gasteiger partial charge is 0.466 e. The van der Waals surface area contributed by atoms with Crippen LogP contribution in [-0.2, 0) is 19.1 Å². The molecule has 0 unspecified atom stereocenters. The number of carbonyl (C=O) groups excluding carboxylic acids is 3. The molecule has 0 aliphatic rings. The van der Waals surface area contributed by atoms with Crippen LogP contribution in [0.1, 0.15) is 13.8 Å². The van der Waals surface area contributed by atoms with Gasteiger partial charge in [0, 0.05) is 6.92 Å². The average Bonchev–Trinajstić information content (AvgIpc) is 1.67. The molecule has 0 heterocycles. The molecule has 0 aromatic heterocycles. The summed E-state index contributed by atoms with van der Waals surface area (Å²) >= 11 is 0. The van der Waals surface area contributed by atoms with Crippen molar-refractivity contribution in [2.45, 2.75) is 13.8 Å². The van der Waals surface area contributed by atoms with Gasteiger partial charge in [0.15, 0.2) is 0 Å². The summed E-state index contributed by atoms with van der Waals surface area (Å²) in [4.78, 5) is 26.1. The number of hydrogen-bond acceptors (Lipinski definition) is 4. The Morgan fingerprint density at radius 1 is 1.56 bits per heavy atom. The molecule has 4 nitrogen and oxygen atoms in total. The van der Waals surface area contributed by atoms with Gasteiger partial charge in [0.25, 0.3) is 0 Å². The topological polar surface area (TPSA) is 60.4 Å². The van der Waals surface area contributed by atoms with Crippen LogP contribution in [-0.4, -0.2) is 18.7 Å². The van der Waals surface area contributed by atoms with Crippen molar-refractivity contribution in [2.24, 2.45) is 0 Å². The van der Waals surface area contributed by atoms with E-state index in [-0.39, 0.29) is 12.1 Å². The number of esters is 1. The third-order valence-electron chi connectivity index (χ3n) is 0.348. The van der Waals surface area contributed by atoms with Crippen LogP contribution < -0.4 is 0 Å². The Morgan fingerprint density at radius 3 is 1.89 bits per heavy atom. The number of carbonyl (C=O) groups is 1. The maximum Gasteiger partial charge on any atom is 0.373 e. The lowest BCUT2D eigenvalue weighted by Crippen LogP contribution is -1.95. The fourth-order valence-electron chi connectivity index (χ4n) is 0.203. The molecular weight excluding hydrogens is 124 g/mol. The Morgan fingerprint density at radius 2 is 1.89 bits per heavy atom. The van der Waals surface area contributed by atoms with E-state index in [4.69, 9.17) is 9.59 Å². The van der Waals surface area contributed by atoms with Crippen molar-refractivity contribution in [2.75, 3.05) is 6.61 Å². The first-order valence-corrected chi connectivity index (χ1v) is 2.31. The zero-order valence-electron chi connectivity index (χ0n) is 5.34. The minimum Gasteiger partial charge on any atom is -0.466 e. The van der Waals surface area contributed by atoms with Crippen LogP contribution in [0.2, 0.25) is 0 Å². The Bertz CT molecular complexity index is 102. The van der Waals surface area contributed by atoms with E-state index < -0.39 is 0 Å². The number of hydrogen-bond donors (Lipinski definition) is 0. The van der Waals surface area contributed by atoms with Gasteiger partial charge in [-0.05, 0) is 6.92 Å². The van der Waals surface area contributed by atoms with Gasteiger partial charge in [0.1, 0.15) is 0 Å². The minimum absolute atomic E-state index is 0.211. The molecule has 52 valence electrons. The third-order valence-corrected chi connectivity index (χ3v) is 0.348. The first-order valence-electron chi connectivity index (χ1n) is 2.31. The Labute approximate surface area is 52.8 Å². The lowest BCUT2D eigenvalue weighted by molar-refractivity contribution is -0.191. The van der Waals surface area contributed by atoms with Gasteiger partial charge < -0.3 is 4.74 Å². The smallest absolute Gasteiger partial charge is 0.373 e. The third kappa shape index (κ3) is 47.1. The van der Waals surface area contributed by atoms with Gasteiger partial charge in [-0.15, -0.1) is 0 Å². The van der Waals surface area contributed by atoms with Gasteiger partial charge >= 0.3 is 12.1 Å². The van der Waals surface area contributed by atoms with Gasteiger partial charge in [-0.2, -0.15) is 9.59 Å². The normalized spacial score (nSPS) is 6.00. The lowest BCUT2D eigenvalue weighted by Gasteiger charge is -1.89. The van der Waals surface area contributed by atoms with E-state index in [1.165, 1.54) is 6.92 Å². The van der Waals surface area contributed by atoms with E-state index in [0.717, 1.165) is 0 Å². The summed E-state index contributed by atoms with van der Waals surface area (Å²) in [7, 11) is 0. The molecule has 0 aromatic carbocycles. The lowest BCUT2D eigenvalue weighted by atomic mass is 10.8. The van der Waals surface area contributed by atoms with Crippen molar-refractivity contribution >= 4 is 12.1 Å². The summed E-state index contributed by atoms with van der Waals surface area (Å²) in [6.07, 6.45) is 0.250. The highest BCUT2D eigenvalue weighted by atomic mass is 16.5. The van der Waals surface area contributed by atoms with E-state index in [0.29, 0.717) is 6.61 Å². The second kappa shape index (κ2) is 9.97. The maximum atomic E-state index is 9.82. The molecule has 0 atom stereocenters. The van der Waals surface area contributed by atoms with E-state index in [2.05, 4.69) is 4.74 Å². The second-order valence-electron chi connectivity index (χ2n) is 1.01. The summed E-state index contributed by atoms with van der Waals surface area (Å²) in [5.74, 6) is -0.211. The fraction of sp³-hybridized carbons (Fsp3) is 0.600. The molecule has 0 saturated heterocycles. The molecule has 0 aromatic rings. The Balaban J connectivity index is 0. The Hall–Kier alpha value is -1.15. The van der Waals surface area contributed by atoms with Crippen molar-refractivity contribution in [1.29, 1.82) is 0 Å². The van der Waals surface area contributed by atoms with Crippen LogP contribution >= 0.6 is 0 Å². The Kier molecular flexibility index (Phi) is 11.9. The minimum atomic E-state index is -0.211. The van der Waals surface area contributed by atoms with E-state index in [9.17, 15) is 4.79 Å². The zero-order chi connectivity index (χ0) is 7.70. The predicted molar refractivity (Wildman–Crippen MR) is 27.3 cm³/mol. The molecule has 0 amide bonds. The van der Waals surface area contributed by atoms with Crippen LogP contribution in [0.25, 0.3) is 0 Å². The van der Waals surface area contributed by atoms with Gasteiger partial charge in [-0.25, -0.2) is 0 Å². The summed E-state index contributed by atoms with van der Waals surface area (Å²) in [5, 5.41) is 0. The number of rotatable bonds is 1. The standard InChI is InChI=1S/C4H8O2.CO2/c1-3-6-4(2)5;2-1-3/h3H2,1-2H3;. The zero-order valence-corrected chi connectivity index (χ0v) is 5.34. The molecule has 9 heavy (non-hydrogen) atoms. The van der Waals surface area contributed by atoms with Crippen molar-refractivity contribution in [3.05, 3.63) is 0 Å². The first-order chi connectivity index (χ1) is 4.18. The molecule has 4 heteroatoms. The van der Waals surface area contributed by atoms with Crippen LogP contribution in [0.5, 0.6) is 0 Å². The van der Waals surface area contributed by atoms with Crippen molar-refractivity contribution in [3.8, 4) is 0 Å². The average molecular weight is 132 g/mol. The highest BCUT2D eigenvalue weighted by Crippen LogP contribution is 1.69. The molecule has 0 radical (unpaired) electrons. The van der Waals surface area contributed by atoms with Gasteiger partial charge in [-0.1, -0.05) is 0 Å². The molecule has 0 aliphatic heterocycles. The summed E-state index contributed by atoms with van der Waals surface area (Å²) in [6, 6.07) is 0. The maximum absolute atomic E-state index is 9.82. The van der Waals surface area contributed by atoms with Gasteiger partial charge in [0.05, 0.1) is 6.61 Å². The molecule has 0 fully saturated rings. The molecule has 0 aliphatic carbocycles. The van der Waals surface area contributed by atoms with Crippen LogP contribution in [0.3, 0.4) is 0 Å².